The minimum absolute atomic E-state index is 0.0299. The molecule has 2 aliphatic heterocycles. The normalized spacial score (nSPS) is 24.8. The van der Waals surface area contributed by atoms with Crippen LogP contribution in [-0.4, -0.2) is 64.7 Å². The molecular weight excluding hydrogens is 351 g/mol. The van der Waals surface area contributed by atoms with Crippen molar-refractivity contribution in [1.29, 1.82) is 0 Å². The maximum absolute atomic E-state index is 12.9. The number of thioether (sulfide) groups is 1. The standard InChI is InChI=1S/C14H16F3NO5S/c1-24-13-10(11(21)14(15,16)17)8(5-9(19)20)12(22)18(13)6-7-3-2-4-23-7/h7,13H,2-6H2,1H3,(H,19,20)/t7-,13-/m1/s1. The molecule has 2 aliphatic rings. The van der Waals surface area contributed by atoms with Crippen LogP contribution in [-0.2, 0) is 19.1 Å². The van der Waals surface area contributed by atoms with Gasteiger partial charge in [-0.2, -0.15) is 13.2 Å². The second kappa shape index (κ2) is 7.14. The smallest absolute Gasteiger partial charge is 0.454 e. The molecule has 1 saturated heterocycles. The second-order valence-electron chi connectivity index (χ2n) is 5.47. The monoisotopic (exact) mass is 367 g/mol. The highest BCUT2D eigenvalue weighted by Gasteiger charge is 2.51. The Morgan fingerprint density at radius 3 is 2.54 bits per heavy atom. The maximum atomic E-state index is 12.9. The molecule has 6 nitrogen and oxygen atoms in total. The highest BCUT2D eigenvalue weighted by atomic mass is 32.2. The number of ketones is 1. The number of ether oxygens (including phenoxy) is 1. The Bertz CT molecular complexity index is 583. The zero-order valence-electron chi connectivity index (χ0n) is 12.8. The molecule has 0 aliphatic carbocycles. The number of carbonyl (C=O) groups is 3. The second-order valence-corrected chi connectivity index (χ2v) is 6.39. The number of amides is 1. The molecule has 134 valence electrons. The number of Topliss-reactive ketones (excluding diaryl/α,β-unsaturated/α-hetero) is 1. The maximum Gasteiger partial charge on any atom is 0.454 e. The molecule has 2 rings (SSSR count). The van der Waals surface area contributed by atoms with Crippen molar-refractivity contribution in [2.75, 3.05) is 19.4 Å². The molecule has 2 heterocycles. The third-order valence-corrected chi connectivity index (χ3v) is 4.79. The Hall–Kier alpha value is -1.55. The van der Waals surface area contributed by atoms with E-state index in [1.54, 1.807) is 0 Å². The Morgan fingerprint density at radius 2 is 2.08 bits per heavy atom. The lowest BCUT2D eigenvalue weighted by atomic mass is 10.0. The quantitative estimate of drug-likeness (QED) is 0.768. The van der Waals surface area contributed by atoms with E-state index in [1.165, 1.54) is 6.26 Å². The van der Waals surface area contributed by atoms with Gasteiger partial charge in [-0.05, 0) is 19.1 Å². The van der Waals surface area contributed by atoms with Crippen LogP contribution in [0.1, 0.15) is 19.3 Å². The molecule has 0 aromatic rings. The van der Waals surface area contributed by atoms with E-state index in [9.17, 15) is 27.6 Å². The fourth-order valence-corrected chi connectivity index (χ4v) is 3.78. The molecule has 0 spiro atoms. The van der Waals surface area contributed by atoms with E-state index in [0.29, 0.717) is 13.0 Å². The van der Waals surface area contributed by atoms with Crippen molar-refractivity contribution in [1.82, 2.24) is 4.90 Å². The van der Waals surface area contributed by atoms with Crippen molar-refractivity contribution >= 4 is 29.4 Å². The molecule has 1 fully saturated rings. The van der Waals surface area contributed by atoms with E-state index in [0.717, 1.165) is 23.1 Å². The van der Waals surface area contributed by atoms with E-state index in [4.69, 9.17) is 9.84 Å². The van der Waals surface area contributed by atoms with Gasteiger partial charge in [0, 0.05) is 24.3 Å². The summed E-state index contributed by atoms with van der Waals surface area (Å²) in [6.45, 7) is 0.530. The van der Waals surface area contributed by atoms with Crippen molar-refractivity contribution in [2.45, 2.75) is 36.9 Å². The van der Waals surface area contributed by atoms with Gasteiger partial charge in [-0.25, -0.2) is 0 Å². The minimum Gasteiger partial charge on any atom is -0.481 e. The molecule has 0 unspecified atom stereocenters. The summed E-state index contributed by atoms with van der Waals surface area (Å²) in [6.07, 6.45) is -3.52. The Labute approximate surface area is 140 Å². The zero-order valence-corrected chi connectivity index (χ0v) is 13.6. The number of aliphatic carboxylic acids is 1. The fraction of sp³-hybridized carbons (Fsp3) is 0.643. The van der Waals surface area contributed by atoms with Crippen LogP contribution in [0.5, 0.6) is 0 Å². The number of carboxylic acids is 1. The molecule has 1 N–H and O–H groups in total. The fourth-order valence-electron chi connectivity index (χ4n) is 2.86. The predicted molar refractivity (Wildman–Crippen MR) is 78.3 cm³/mol. The van der Waals surface area contributed by atoms with Crippen LogP contribution in [0, 0.1) is 0 Å². The minimum atomic E-state index is -5.17. The van der Waals surface area contributed by atoms with Crippen LogP contribution in [0.15, 0.2) is 11.1 Å². The highest BCUT2D eigenvalue weighted by molar-refractivity contribution is 7.99. The summed E-state index contributed by atoms with van der Waals surface area (Å²) >= 11 is 0.889. The molecule has 0 saturated carbocycles. The van der Waals surface area contributed by atoms with E-state index in [1.807, 2.05) is 0 Å². The van der Waals surface area contributed by atoms with E-state index < -0.39 is 46.8 Å². The van der Waals surface area contributed by atoms with Gasteiger partial charge in [0.15, 0.2) is 0 Å². The molecule has 1 amide bonds. The van der Waals surface area contributed by atoms with Crippen LogP contribution >= 0.6 is 11.8 Å². The SMILES string of the molecule is CS[C@@H]1C(C(=O)C(F)(F)F)=C(CC(=O)O)C(=O)N1C[C@H]1CCCO1. The van der Waals surface area contributed by atoms with Crippen molar-refractivity contribution < 1.29 is 37.4 Å². The van der Waals surface area contributed by atoms with Crippen LogP contribution in [0.25, 0.3) is 0 Å². The predicted octanol–water partition coefficient (Wildman–Crippen LogP) is 1.60. The van der Waals surface area contributed by atoms with Crippen LogP contribution < -0.4 is 0 Å². The van der Waals surface area contributed by atoms with Crippen LogP contribution in [0.3, 0.4) is 0 Å². The lowest BCUT2D eigenvalue weighted by Crippen LogP contribution is -2.41. The van der Waals surface area contributed by atoms with Crippen LogP contribution in [0.4, 0.5) is 13.2 Å². The van der Waals surface area contributed by atoms with Crippen molar-refractivity contribution in [2.24, 2.45) is 0 Å². The van der Waals surface area contributed by atoms with Gasteiger partial charge < -0.3 is 14.7 Å². The number of carbonyl (C=O) groups excluding carboxylic acids is 2. The summed E-state index contributed by atoms with van der Waals surface area (Å²) < 4.78 is 44.0. The summed E-state index contributed by atoms with van der Waals surface area (Å²) in [7, 11) is 0. The van der Waals surface area contributed by atoms with E-state index in [2.05, 4.69) is 0 Å². The van der Waals surface area contributed by atoms with Gasteiger partial charge in [-0.3, -0.25) is 14.4 Å². The first-order valence-electron chi connectivity index (χ1n) is 7.18. The Morgan fingerprint density at radius 1 is 1.42 bits per heavy atom. The van der Waals surface area contributed by atoms with Crippen molar-refractivity contribution in [3.8, 4) is 0 Å². The van der Waals surface area contributed by atoms with Crippen molar-refractivity contribution in [3.05, 3.63) is 11.1 Å². The first-order valence-corrected chi connectivity index (χ1v) is 8.47. The zero-order chi connectivity index (χ0) is 18.1. The summed E-state index contributed by atoms with van der Waals surface area (Å²) in [5.41, 5.74) is -1.37. The lowest BCUT2D eigenvalue weighted by Gasteiger charge is -2.27. The first-order chi connectivity index (χ1) is 11.2. The van der Waals surface area contributed by atoms with Crippen LogP contribution in [0.2, 0.25) is 0 Å². The molecule has 0 aromatic carbocycles. The molecule has 2 atom stereocenters. The van der Waals surface area contributed by atoms with E-state index >= 15 is 0 Å². The van der Waals surface area contributed by atoms with Gasteiger partial charge in [0.2, 0.25) is 0 Å². The Balaban J connectivity index is 2.38. The van der Waals surface area contributed by atoms with Gasteiger partial charge in [0.05, 0.1) is 12.5 Å². The third kappa shape index (κ3) is 3.75. The molecule has 24 heavy (non-hydrogen) atoms. The number of halogens is 3. The number of nitrogens with zero attached hydrogens (tertiary/aromatic N) is 1. The summed E-state index contributed by atoms with van der Waals surface area (Å²) in [5.74, 6) is -4.48. The lowest BCUT2D eigenvalue weighted by molar-refractivity contribution is -0.166. The number of hydrogen-bond donors (Lipinski definition) is 1. The average molecular weight is 367 g/mol. The van der Waals surface area contributed by atoms with Gasteiger partial charge in [-0.1, -0.05) is 0 Å². The number of alkyl halides is 3. The summed E-state index contributed by atoms with van der Waals surface area (Å²) in [4.78, 5) is 36.3. The van der Waals surface area contributed by atoms with Gasteiger partial charge in [0.25, 0.3) is 11.7 Å². The topological polar surface area (TPSA) is 83.9 Å². The largest absolute Gasteiger partial charge is 0.481 e. The van der Waals surface area contributed by atoms with Gasteiger partial charge in [-0.15, -0.1) is 11.8 Å². The Kier molecular flexibility index (Phi) is 5.59. The van der Waals surface area contributed by atoms with Gasteiger partial charge in [0.1, 0.15) is 5.37 Å². The molecule has 0 bridgehead atoms. The number of hydrogen-bond acceptors (Lipinski definition) is 5. The summed E-state index contributed by atoms with van der Waals surface area (Å²) in [6, 6.07) is 0. The molecule has 0 aromatic heterocycles. The first kappa shape index (κ1) is 18.8. The van der Waals surface area contributed by atoms with Crippen molar-refractivity contribution in [3.63, 3.8) is 0 Å². The molecular formula is C14H16F3NO5S. The molecule has 10 heteroatoms. The number of carboxylic acid groups (broad SMARTS) is 1. The average Bonchev–Trinajstić information content (AvgIpc) is 3.07. The molecule has 0 radical (unpaired) electrons. The van der Waals surface area contributed by atoms with Gasteiger partial charge >= 0.3 is 12.1 Å². The third-order valence-electron chi connectivity index (χ3n) is 3.85. The summed E-state index contributed by atoms with van der Waals surface area (Å²) in [5, 5.41) is 7.73. The van der Waals surface area contributed by atoms with E-state index in [-0.39, 0.29) is 12.6 Å². The number of rotatable bonds is 6. The highest BCUT2D eigenvalue weighted by Crippen LogP contribution is 2.38.